The van der Waals surface area contributed by atoms with Gasteiger partial charge in [0, 0.05) is 26.2 Å². The molecule has 3 nitrogen and oxygen atoms in total. The molecule has 0 unspecified atom stereocenters. The predicted molar refractivity (Wildman–Crippen MR) is 74.2 cm³/mol. The van der Waals surface area contributed by atoms with E-state index in [1.54, 1.807) is 0 Å². The van der Waals surface area contributed by atoms with Gasteiger partial charge in [0.2, 0.25) is 0 Å². The van der Waals surface area contributed by atoms with Gasteiger partial charge in [0.05, 0.1) is 12.7 Å². The third-order valence-electron chi connectivity index (χ3n) is 3.29. The van der Waals surface area contributed by atoms with E-state index in [0.29, 0.717) is 19.3 Å². The molecule has 3 heteroatoms. The summed E-state index contributed by atoms with van der Waals surface area (Å²) in [6, 6.07) is 8.36. The lowest BCUT2D eigenvalue weighted by Gasteiger charge is -2.39. The highest BCUT2D eigenvalue weighted by atomic mass is 16.5. The molecular formula is C15H24N2O. The molecule has 0 bridgehead atoms. The molecule has 1 fully saturated rings. The number of nitrogens with two attached hydrogens (primary N) is 1. The maximum atomic E-state index is 5.88. The van der Waals surface area contributed by atoms with E-state index in [-0.39, 0.29) is 0 Å². The van der Waals surface area contributed by atoms with Crippen LogP contribution in [0.1, 0.15) is 25.0 Å². The van der Waals surface area contributed by atoms with Gasteiger partial charge in [-0.2, -0.15) is 0 Å². The summed E-state index contributed by atoms with van der Waals surface area (Å²) < 4.78 is 5.88. The molecule has 1 aliphatic rings. The minimum atomic E-state index is 0.415. The first-order valence-electron chi connectivity index (χ1n) is 6.79. The van der Waals surface area contributed by atoms with Gasteiger partial charge < -0.3 is 10.5 Å². The van der Waals surface area contributed by atoms with Crippen LogP contribution in [0.15, 0.2) is 24.3 Å². The van der Waals surface area contributed by atoms with Crippen molar-refractivity contribution >= 4 is 0 Å². The molecular weight excluding hydrogens is 224 g/mol. The second-order valence-electron chi connectivity index (χ2n) is 5.57. The molecule has 0 spiro atoms. The summed E-state index contributed by atoms with van der Waals surface area (Å²) in [5, 5.41) is 0. The number of benzene rings is 1. The Kier molecular flexibility index (Phi) is 4.75. The molecule has 0 aromatic heterocycles. The van der Waals surface area contributed by atoms with Gasteiger partial charge in [-0.25, -0.2) is 0 Å². The monoisotopic (exact) mass is 248 g/mol. The number of hydrogen-bond acceptors (Lipinski definition) is 3. The van der Waals surface area contributed by atoms with Crippen LogP contribution < -0.4 is 5.73 Å². The second-order valence-corrected chi connectivity index (χ2v) is 5.57. The SMILES string of the molecule is CC(C)CN1CC(OCc2ccc(CN)cc2)C1. The number of ether oxygens (including phenoxy) is 1. The fourth-order valence-electron chi connectivity index (χ4n) is 2.28. The summed E-state index contributed by atoms with van der Waals surface area (Å²) in [6.07, 6.45) is 0.415. The highest BCUT2D eigenvalue weighted by Gasteiger charge is 2.27. The maximum Gasteiger partial charge on any atom is 0.0833 e. The number of nitrogens with zero attached hydrogens (tertiary/aromatic N) is 1. The van der Waals surface area contributed by atoms with E-state index in [2.05, 4.69) is 43.0 Å². The van der Waals surface area contributed by atoms with Crippen LogP contribution in [0, 0.1) is 5.92 Å². The van der Waals surface area contributed by atoms with Gasteiger partial charge in [-0.15, -0.1) is 0 Å². The van der Waals surface area contributed by atoms with Gasteiger partial charge in [-0.3, -0.25) is 4.90 Å². The molecule has 0 amide bonds. The lowest BCUT2D eigenvalue weighted by molar-refractivity contribution is -0.0658. The molecule has 1 heterocycles. The zero-order valence-electron chi connectivity index (χ0n) is 11.4. The molecule has 0 aliphatic carbocycles. The Morgan fingerprint density at radius 1 is 1.22 bits per heavy atom. The normalized spacial score (nSPS) is 17.1. The largest absolute Gasteiger partial charge is 0.371 e. The minimum Gasteiger partial charge on any atom is -0.371 e. The maximum absolute atomic E-state index is 5.88. The minimum absolute atomic E-state index is 0.415. The third kappa shape index (κ3) is 3.80. The van der Waals surface area contributed by atoms with Crippen LogP contribution >= 0.6 is 0 Å². The topological polar surface area (TPSA) is 38.5 Å². The van der Waals surface area contributed by atoms with E-state index < -0.39 is 0 Å². The fraction of sp³-hybridized carbons (Fsp3) is 0.600. The highest BCUT2D eigenvalue weighted by molar-refractivity contribution is 5.21. The smallest absolute Gasteiger partial charge is 0.0833 e. The van der Waals surface area contributed by atoms with Gasteiger partial charge in [-0.05, 0) is 17.0 Å². The Morgan fingerprint density at radius 3 is 2.39 bits per heavy atom. The zero-order valence-corrected chi connectivity index (χ0v) is 11.4. The summed E-state index contributed by atoms with van der Waals surface area (Å²) in [5.41, 5.74) is 7.97. The van der Waals surface area contributed by atoms with Crippen molar-refractivity contribution in [2.24, 2.45) is 11.7 Å². The van der Waals surface area contributed by atoms with Crippen molar-refractivity contribution in [3.05, 3.63) is 35.4 Å². The van der Waals surface area contributed by atoms with Crippen LogP contribution in [0.4, 0.5) is 0 Å². The molecule has 0 saturated carbocycles. The predicted octanol–water partition coefficient (Wildman–Crippen LogP) is 2.00. The highest BCUT2D eigenvalue weighted by Crippen LogP contribution is 2.15. The van der Waals surface area contributed by atoms with Gasteiger partial charge in [0.15, 0.2) is 0 Å². The molecule has 1 aromatic carbocycles. The third-order valence-corrected chi connectivity index (χ3v) is 3.29. The average molecular weight is 248 g/mol. The quantitative estimate of drug-likeness (QED) is 0.837. The summed E-state index contributed by atoms with van der Waals surface area (Å²) in [4.78, 5) is 2.45. The Labute approximate surface area is 110 Å². The van der Waals surface area contributed by atoms with Crippen molar-refractivity contribution in [3.63, 3.8) is 0 Å². The number of rotatable bonds is 6. The van der Waals surface area contributed by atoms with E-state index >= 15 is 0 Å². The van der Waals surface area contributed by atoms with Gasteiger partial charge in [0.1, 0.15) is 0 Å². The Balaban J connectivity index is 1.67. The summed E-state index contributed by atoms with van der Waals surface area (Å²) in [6.45, 7) is 9.18. The van der Waals surface area contributed by atoms with Crippen LogP contribution in [0.2, 0.25) is 0 Å². The van der Waals surface area contributed by atoms with Crippen LogP contribution in [0.5, 0.6) is 0 Å². The molecule has 2 N–H and O–H groups in total. The van der Waals surface area contributed by atoms with Crippen molar-refractivity contribution in [3.8, 4) is 0 Å². The van der Waals surface area contributed by atoms with Crippen LogP contribution in [0.25, 0.3) is 0 Å². The van der Waals surface area contributed by atoms with E-state index in [1.165, 1.54) is 17.7 Å². The summed E-state index contributed by atoms with van der Waals surface area (Å²) in [7, 11) is 0. The number of likely N-dealkylation sites (tertiary alicyclic amines) is 1. The van der Waals surface area contributed by atoms with E-state index in [1.807, 2.05) is 0 Å². The molecule has 100 valence electrons. The standard InChI is InChI=1S/C15H24N2O/c1-12(2)8-17-9-15(10-17)18-11-14-5-3-13(7-16)4-6-14/h3-6,12,15H,7-11,16H2,1-2H3. The van der Waals surface area contributed by atoms with Crippen molar-refractivity contribution in [2.45, 2.75) is 33.1 Å². The molecule has 1 saturated heterocycles. The molecule has 1 aromatic rings. The Morgan fingerprint density at radius 2 is 1.83 bits per heavy atom. The second kappa shape index (κ2) is 6.32. The Hall–Kier alpha value is -0.900. The summed E-state index contributed by atoms with van der Waals surface area (Å²) in [5.74, 6) is 0.745. The van der Waals surface area contributed by atoms with E-state index in [4.69, 9.17) is 10.5 Å². The first-order chi connectivity index (χ1) is 8.67. The van der Waals surface area contributed by atoms with E-state index in [0.717, 1.165) is 19.0 Å². The van der Waals surface area contributed by atoms with Gasteiger partial charge in [0.25, 0.3) is 0 Å². The fourth-order valence-corrected chi connectivity index (χ4v) is 2.28. The van der Waals surface area contributed by atoms with Gasteiger partial charge >= 0.3 is 0 Å². The van der Waals surface area contributed by atoms with Crippen LogP contribution in [-0.4, -0.2) is 30.6 Å². The van der Waals surface area contributed by atoms with Gasteiger partial charge in [-0.1, -0.05) is 38.1 Å². The first-order valence-corrected chi connectivity index (χ1v) is 6.79. The lowest BCUT2D eigenvalue weighted by atomic mass is 10.1. The van der Waals surface area contributed by atoms with Crippen LogP contribution in [0.3, 0.4) is 0 Å². The molecule has 0 atom stereocenters. The Bertz CT molecular complexity index is 355. The number of hydrogen-bond donors (Lipinski definition) is 1. The van der Waals surface area contributed by atoms with Crippen molar-refractivity contribution in [2.75, 3.05) is 19.6 Å². The van der Waals surface area contributed by atoms with Crippen LogP contribution in [-0.2, 0) is 17.9 Å². The lowest BCUT2D eigenvalue weighted by Crippen LogP contribution is -2.53. The molecule has 18 heavy (non-hydrogen) atoms. The molecule has 2 rings (SSSR count). The summed E-state index contributed by atoms with van der Waals surface area (Å²) >= 11 is 0. The van der Waals surface area contributed by atoms with Crippen molar-refractivity contribution in [1.82, 2.24) is 4.90 Å². The van der Waals surface area contributed by atoms with Crippen molar-refractivity contribution < 1.29 is 4.74 Å². The van der Waals surface area contributed by atoms with E-state index in [9.17, 15) is 0 Å². The van der Waals surface area contributed by atoms with Crippen molar-refractivity contribution in [1.29, 1.82) is 0 Å². The first kappa shape index (κ1) is 13.5. The molecule has 0 radical (unpaired) electrons. The molecule has 1 aliphatic heterocycles. The zero-order chi connectivity index (χ0) is 13.0. The average Bonchev–Trinajstić information content (AvgIpc) is 2.32.